The zero-order valence-electron chi connectivity index (χ0n) is 10.9. The summed E-state index contributed by atoms with van der Waals surface area (Å²) in [7, 11) is 0. The van der Waals surface area contributed by atoms with Crippen molar-refractivity contribution in [2.75, 3.05) is 44.3 Å². The molecule has 1 aromatic carbocycles. The van der Waals surface area contributed by atoms with Gasteiger partial charge in [0.2, 0.25) is 0 Å². The van der Waals surface area contributed by atoms with Crippen molar-refractivity contribution in [1.82, 2.24) is 5.32 Å². The number of rotatable bonds is 3. The van der Waals surface area contributed by atoms with E-state index in [4.69, 9.17) is 9.47 Å². The molecule has 19 heavy (non-hydrogen) atoms. The van der Waals surface area contributed by atoms with E-state index in [1.54, 1.807) is 0 Å². The fourth-order valence-electron chi connectivity index (χ4n) is 2.52. The molecule has 1 unspecified atom stereocenters. The number of nitrogens with zero attached hydrogens (tertiary/aromatic N) is 1. The molecule has 3 rings (SSSR count). The van der Waals surface area contributed by atoms with E-state index in [-0.39, 0.29) is 11.9 Å². The highest BCUT2D eigenvalue weighted by atomic mass is 19.1. The molecule has 2 saturated heterocycles. The predicted molar refractivity (Wildman–Crippen MR) is 71.3 cm³/mol. The fourth-order valence-corrected chi connectivity index (χ4v) is 2.52. The van der Waals surface area contributed by atoms with Crippen molar-refractivity contribution in [3.63, 3.8) is 0 Å². The molecule has 1 N–H and O–H groups in total. The molecule has 2 fully saturated rings. The van der Waals surface area contributed by atoms with Crippen molar-refractivity contribution in [2.24, 2.45) is 0 Å². The molecule has 1 atom stereocenters. The average molecular weight is 266 g/mol. The van der Waals surface area contributed by atoms with Crippen LogP contribution in [-0.2, 0) is 4.74 Å². The minimum Gasteiger partial charge on any atom is -0.488 e. The third-order valence-electron chi connectivity index (χ3n) is 3.57. The zero-order chi connectivity index (χ0) is 13.1. The Labute approximate surface area is 112 Å². The van der Waals surface area contributed by atoms with Crippen LogP contribution in [0.4, 0.5) is 10.1 Å². The number of nitrogens with one attached hydrogen (secondary N) is 1. The Balaban J connectivity index is 1.69. The highest BCUT2D eigenvalue weighted by Crippen LogP contribution is 2.26. The van der Waals surface area contributed by atoms with Crippen LogP contribution in [0, 0.1) is 5.82 Å². The first-order valence-corrected chi connectivity index (χ1v) is 6.82. The van der Waals surface area contributed by atoms with Gasteiger partial charge in [0.1, 0.15) is 17.7 Å². The Morgan fingerprint density at radius 3 is 2.84 bits per heavy atom. The van der Waals surface area contributed by atoms with E-state index in [1.807, 2.05) is 12.1 Å². The molecule has 0 radical (unpaired) electrons. The summed E-state index contributed by atoms with van der Waals surface area (Å²) in [4.78, 5) is 2.06. The second kappa shape index (κ2) is 5.75. The Kier molecular flexibility index (Phi) is 3.84. The Bertz CT molecular complexity index is 429. The molecule has 5 heteroatoms. The normalized spacial score (nSPS) is 23.6. The van der Waals surface area contributed by atoms with Gasteiger partial charge in [-0.2, -0.15) is 0 Å². The number of halogens is 1. The number of piperazine rings is 1. The zero-order valence-corrected chi connectivity index (χ0v) is 10.9. The molecule has 0 bridgehead atoms. The standard InChI is InChI=1S/C14H19FN2O2/c15-13-9-11(19-12-3-8-18-10-12)1-2-14(13)17-6-4-16-5-7-17/h1-2,9,12,16H,3-8,10H2. The second-order valence-electron chi connectivity index (χ2n) is 4.95. The third kappa shape index (κ3) is 2.98. The molecule has 0 aliphatic carbocycles. The Morgan fingerprint density at radius 1 is 1.32 bits per heavy atom. The molecule has 104 valence electrons. The summed E-state index contributed by atoms with van der Waals surface area (Å²) < 4.78 is 25.1. The Hall–Kier alpha value is -1.33. The maximum Gasteiger partial charge on any atom is 0.150 e. The van der Waals surface area contributed by atoms with Gasteiger partial charge in [0, 0.05) is 38.7 Å². The molecule has 4 nitrogen and oxygen atoms in total. The van der Waals surface area contributed by atoms with Gasteiger partial charge in [0.15, 0.2) is 0 Å². The molecule has 2 aliphatic rings. The minimum atomic E-state index is -0.210. The van der Waals surface area contributed by atoms with Crippen LogP contribution in [0.1, 0.15) is 6.42 Å². The van der Waals surface area contributed by atoms with Crippen LogP contribution in [0.5, 0.6) is 5.75 Å². The van der Waals surface area contributed by atoms with E-state index in [0.29, 0.717) is 18.0 Å². The van der Waals surface area contributed by atoms with Gasteiger partial charge in [0.25, 0.3) is 0 Å². The van der Waals surface area contributed by atoms with Crippen molar-refractivity contribution < 1.29 is 13.9 Å². The highest BCUT2D eigenvalue weighted by molar-refractivity contribution is 5.51. The lowest BCUT2D eigenvalue weighted by Crippen LogP contribution is -2.43. The van der Waals surface area contributed by atoms with E-state index in [0.717, 1.165) is 39.2 Å². The van der Waals surface area contributed by atoms with Gasteiger partial charge >= 0.3 is 0 Å². The topological polar surface area (TPSA) is 33.7 Å². The van der Waals surface area contributed by atoms with Gasteiger partial charge in [-0.1, -0.05) is 0 Å². The predicted octanol–water partition coefficient (Wildman–Crippen LogP) is 1.40. The first-order valence-electron chi connectivity index (χ1n) is 6.82. The highest BCUT2D eigenvalue weighted by Gasteiger charge is 2.19. The van der Waals surface area contributed by atoms with Gasteiger partial charge in [0.05, 0.1) is 18.9 Å². The van der Waals surface area contributed by atoms with Crippen molar-refractivity contribution in [2.45, 2.75) is 12.5 Å². The van der Waals surface area contributed by atoms with Gasteiger partial charge < -0.3 is 19.7 Å². The second-order valence-corrected chi connectivity index (χ2v) is 4.95. The van der Waals surface area contributed by atoms with Gasteiger partial charge in [-0.25, -0.2) is 4.39 Å². The van der Waals surface area contributed by atoms with Crippen LogP contribution < -0.4 is 15.0 Å². The van der Waals surface area contributed by atoms with Gasteiger partial charge in [-0.15, -0.1) is 0 Å². The summed E-state index contributed by atoms with van der Waals surface area (Å²) in [5.74, 6) is 0.380. The summed E-state index contributed by atoms with van der Waals surface area (Å²) in [6.45, 7) is 4.81. The number of hydrogen-bond acceptors (Lipinski definition) is 4. The first kappa shape index (κ1) is 12.7. The van der Waals surface area contributed by atoms with E-state index in [1.165, 1.54) is 6.07 Å². The van der Waals surface area contributed by atoms with Crippen LogP contribution in [-0.4, -0.2) is 45.5 Å². The van der Waals surface area contributed by atoms with Crippen molar-refractivity contribution in [3.05, 3.63) is 24.0 Å². The maximum atomic E-state index is 14.1. The number of ether oxygens (including phenoxy) is 2. The molecular weight excluding hydrogens is 247 g/mol. The first-order chi connectivity index (χ1) is 9.33. The van der Waals surface area contributed by atoms with E-state index in [2.05, 4.69) is 10.2 Å². The molecule has 1 aromatic rings. The van der Waals surface area contributed by atoms with E-state index >= 15 is 0 Å². The van der Waals surface area contributed by atoms with E-state index < -0.39 is 0 Å². The lowest BCUT2D eigenvalue weighted by molar-refractivity contribution is 0.141. The lowest BCUT2D eigenvalue weighted by atomic mass is 10.2. The van der Waals surface area contributed by atoms with Crippen molar-refractivity contribution in [1.29, 1.82) is 0 Å². The Morgan fingerprint density at radius 2 is 2.16 bits per heavy atom. The number of anilines is 1. The SMILES string of the molecule is Fc1cc(OC2CCOC2)ccc1N1CCNCC1. The molecule has 0 amide bonds. The van der Waals surface area contributed by atoms with Crippen LogP contribution in [0.3, 0.4) is 0 Å². The van der Waals surface area contributed by atoms with Gasteiger partial charge in [-0.05, 0) is 12.1 Å². The molecule has 2 aliphatic heterocycles. The van der Waals surface area contributed by atoms with Crippen molar-refractivity contribution >= 4 is 5.69 Å². The summed E-state index contributed by atoms with van der Waals surface area (Å²) in [6.07, 6.45) is 0.936. The summed E-state index contributed by atoms with van der Waals surface area (Å²) in [5.41, 5.74) is 0.663. The number of benzene rings is 1. The number of hydrogen-bond donors (Lipinski definition) is 1. The largest absolute Gasteiger partial charge is 0.488 e. The molecule has 0 aromatic heterocycles. The lowest BCUT2D eigenvalue weighted by Gasteiger charge is -2.29. The quantitative estimate of drug-likeness (QED) is 0.897. The smallest absolute Gasteiger partial charge is 0.150 e. The average Bonchev–Trinajstić information content (AvgIpc) is 2.93. The van der Waals surface area contributed by atoms with Crippen LogP contribution in [0.2, 0.25) is 0 Å². The van der Waals surface area contributed by atoms with Gasteiger partial charge in [-0.3, -0.25) is 0 Å². The molecule has 2 heterocycles. The van der Waals surface area contributed by atoms with Crippen LogP contribution in [0.25, 0.3) is 0 Å². The summed E-state index contributed by atoms with van der Waals surface area (Å²) in [5, 5.41) is 3.26. The maximum absolute atomic E-state index is 14.1. The minimum absolute atomic E-state index is 0.0597. The third-order valence-corrected chi connectivity index (χ3v) is 3.57. The molecule has 0 spiro atoms. The van der Waals surface area contributed by atoms with E-state index in [9.17, 15) is 4.39 Å². The summed E-state index contributed by atoms with van der Waals surface area (Å²) >= 11 is 0. The summed E-state index contributed by atoms with van der Waals surface area (Å²) in [6, 6.07) is 5.14. The van der Waals surface area contributed by atoms with Crippen LogP contribution in [0.15, 0.2) is 18.2 Å². The fraction of sp³-hybridized carbons (Fsp3) is 0.571. The van der Waals surface area contributed by atoms with Crippen LogP contribution >= 0.6 is 0 Å². The molecular formula is C14H19FN2O2. The van der Waals surface area contributed by atoms with Crippen molar-refractivity contribution in [3.8, 4) is 5.75 Å². The molecule has 0 saturated carbocycles. The monoisotopic (exact) mass is 266 g/mol.